The summed E-state index contributed by atoms with van der Waals surface area (Å²) in [6.07, 6.45) is -0.489. The molecule has 0 aliphatic carbocycles. The number of aromatic nitrogens is 1. The normalized spacial score (nSPS) is 15.7. The van der Waals surface area contributed by atoms with Crippen LogP contribution in [0.2, 0.25) is 0 Å². The van der Waals surface area contributed by atoms with Gasteiger partial charge in [-0.05, 0) is 36.2 Å². The Balaban J connectivity index is 1.87. The number of halogens is 3. The highest BCUT2D eigenvalue weighted by Crippen LogP contribution is 2.31. The van der Waals surface area contributed by atoms with Gasteiger partial charge in [-0.15, -0.1) is 0 Å². The van der Waals surface area contributed by atoms with Crippen LogP contribution in [0.4, 0.5) is 13.2 Å². The topological polar surface area (TPSA) is 62.3 Å². The summed E-state index contributed by atoms with van der Waals surface area (Å²) < 4.78 is 39.2. The minimum absolute atomic E-state index is 0.0670. The first-order chi connectivity index (χ1) is 12.8. The predicted molar refractivity (Wildman–Crippen MR) is 91.7 cm³/mol. The summed E-state index contributed by atoms with van der Waals surface area (Å²) in [6, 6.07) is 7.20. The quantitative estimate of drug-likeness (QED) is 0.871. The average molecular weight is 377 g/mol. The third-order valence-corrected chi connectivity index (χ3v) is 4.42. The number of rotatable bonds is 5. The fourth-order valence-electron chi connectivity index (χ4n) is 3.02. The van der Waals surface area contributed by atoms with Gasteiger partial charge in [0, 0.05) is 31.9 Å². The Kier molecular flexibility index (Phi) is 5.43. The van der Waals surface area contributed by atoms with Crippen molar-refractivity contribution in [2.24, 2.45) is 0 Å². The SMILES string of the molecule is O=C(N[C@H](CN1CCCC1=O)c1cccc(C(F)(F)F)c1)c1cccnc1. The molecule has 3 rings (SSSR count). The Bertz CT molecular complexity index is 824. The second kappa shape index (κ2) is 7.77. The van der Waals surface area contributed by atoms with Gasteiger partial charge in [-0.25, -0.2) is 0 Å². The fourth-order valence-corrected chi connectivity index (χ4v) is 3.02. The van der Waals surface area contributed by atoms with Crippen LogP contribution in [0.3, 0.4) is 0 Å². The fraction of sp³-hybridized carbons (Fsp3) is 0.316. The molecule has 0 spiro atoms. The van der Waals surface area contributed by atoms with E-state index in [2.05, 4.69) is 10.3 Å². The summed E-state index contributed by atoms with van der Waals surface area (Å²) >= 11 is 0. The number of nitrogens with zero attached hydrogens (tertiary/aromatic N) is 2. The van der Waals surface area contributed by atoms with Crippen LogP contribution in [0.15, 0.2) is 48.8 Å². The molecule has 0 radical (unpaired) electrons. The summed E-state index contributed by atoms with van der Waals surface area (Å²) in [7, 11) is 0. The zero-order chi connectivity index (χ0) is 19.4. The Labute approximate surface area is 154 Å². The summed E-state index contributed by atoms with van der Waals surface area (Å²) in [6.45, 7) is 0.642. The molecule has 142 valence electrons. The van der Waals surface area contributed by atoms with Crippen molar-refractivity contribution in [3.8, 4) is 0 Å². The van der Waals surface area contributed by atoms with Crippen LogP contribution >= 0.6 is 0 Å². The van der Waals surface area contributed by atoms with Gasteiger partial charge >= 0.3 is 6.18 Å². The number of amides is 2. The molecule has 1 atom stereocenters. The van der Waals surface area contributed by atoms with Crippen molar-refractivity contribution in [2.45, 2.75) is 25.1 Å². The number of alkyl halides is 3. The number of hydrogen-bond acceptors (Lipinski definition) is 3. The van der Waals surface area contributed by atoms with Crippen LogP contribution < -0.4 is 5.32 Å². The maximum atomic E-state index is 13.1. The van der Waals surface area contributed by atoms with Crippen LogP contribution in [-0.4, -0.2) is 34.8 Å². The Morgan fingerprint density at radius 1 is 1.26 bits per heavy atom. The van der Waals surface area contributed by atoms with E-state index in [1.807, 2.05) is 0 Å². The zero-order valence-electron chi connectivity index (χ0n) is 14.4. The molecule has 2 aromatic rings. The first-order valence-electron chi connectivity index (χ1n) is 8.50. The van der Waals surface area contributed by atoms with Crippen LogP contribution in [0.1, 0.15) is 40.4 Å². The van der Waals surface area contributed by atoms with Crippen molar-refractivity contribution >= 4 is 11.8 Å². The lowest BCUT2D eigenvalue weighted by atomic mass is 10.0. The van der Waals surface area contributed by atoms with Gasteiger partial charge in [0.2, 0.25) is 5.91 Å². The molecule has 1 N–H and O–H groups in total. The van der Waals surface area contributed by atoms with Crippen molar-refractivity contribution in [3.63, 3.8) is 0 Å². The lowest BCUT2D eigenvalue weighted by Crippen LogP contribution is -2.38. The predicted octanol–water partition coefficient (Wildman–Crippen LogP) is 3.19. The Hall–Kier alpha value is -2.90. The first-order valence-corrected chi connectivity index (χ1v) is 8.50. The minimum atomic E-state index is -4.49. The number of hydrogen-bond donors (Lipinski definition) is 1. The van der Waals surface area contributed by atoms with E-state index >= 15 is 0 Å². The van der Waals surface area contributed by atoms with E-state index in [1.54, 1.807) is 17.0 Å². The summed E-state index contributed by atoms with van der Waals surface area (Å²) in [4.78, 5) is 29.9. The largest absolute Gasteiger partial charge is 0.416 e. The second-order valence-corrected chi connectivity index (χ2v) is 6.33. The van der Waals surface area contributed by atoms with Gasteiger partial charge in [0.15, 0.2) is 0 Å². The van der Waals surface area contributed by atoms with Gasteiger partial charge in [-0.3, -0.25) is 14.6 Å². The van der Waals surface area contributed by atoms with Crippen molar-refractivity contribution < 1.29 is 22.8 Å². The summed E-state index contributed by atoms with van der Waals surface area (Å²) in [5.41, 5.74) is -0.211. The maximum absolute atomic E-state index is 13.1. The molecule has 1 aliphatic rings. The van der Waals surface area contributed by atoms with E-state index in [9.17, 15) is 22.8 Å². The van der Waals surface area contributed by atoms with Gasteiger partial charge in [-0.1, -0.05) is 12.1 Å². The van der Waals surface area contributed by atoms with Crippen LogP contribution in [0.25, 0.3) is 0 Å². The molecule has 1 aliphatic heterocycles. The summed E-state index contributed by atoms with van der Waals surface area (Å²) in [5, 5.41) is 2.74. The van der Waals surface area contributed by atoms with Crippen LogP contribution in [0, 0.1) is 0 Å². The highest BCUT2D eigenvalue weighted by molar-refractivity contribution is 5.94. The van der Waals surface area contributed by atoms with E-state index < -0.39 is 23.7 Å². The standard InChI is InChI=1S/C19H18F3N3O2/c20-19(21,22)15-6-1-4-13(10-15)16(12-25-9-3-7-17(25)26)24-18(27)14-5-2-8-23-11-14/h1-2,4-6,8,10-11,16H,3,7,9,12H2,(H,24,27)/t16-/m1/s1. The van der Waals surface area contributed by atoms with Crippen molar-refractivity contribution in [3.05, 3.63) is 65.5 Å². The smallest absolute Gasteiger partial charge is 0.343 e. The molecule has 2 amide bonds. The molecule has 5 nitrogen and oxygen atoms in total. The molecule has 1 saturated heterocycles. The van der Waals surface area contributed by atoms with Gasteiger partial charge in [0.1, 0.15) is 0 Å². The minimum Gasteiger partial charge on any atom is -0.343 e. The number of carbonyl (C=O) groups is 2. The molecule has 0 bridgehead atoms. The molecule has 27 heavy (non-hydrogen) atoms. The van der Waals surface area contributed by atoms with Crippen molar-refractivity contribution in [2.75, 3.05) is 13.1 Å². The zero-order valence-corrected chi connectivity index (χ0v) is 14.4. The molecule has 1 aromatic heterocycles. The molecule has 0 unspecified atom stereocenters. The van der Waals surface area contributed by atoms with Crippen molar-refractivity contribution in [1.29, 1.82) is 0 Å². The Morgan fingerprint density at radius 3 is 2.70 bits per heavy atom. The van der Waals surface area contributed by atoms with Gasteiger partial charge in [-0.2, -0.15) is 13.2 Å². The van der Waals surface area contributed by atoms with E-state index in [-0.39, 0.29) is 12.5 Å². The number of carbonyl (C=O) groups excluding carboxylic acids is 2. The molecule has 8 heteroatoms. The Morgan fingerprint density at radius 2 is 2.07 bits per heavy atom. The molecular formula is C19H18F3N3O2. The molecule has 2 heterocycles. The number of pyridine rings is 1. The monoisotopic (exact) mass is 377 g/mol. The van der Waals surface area contributed by atoms with E-state index in [4.69, 9.17) is 0 Å². The molecule has 1 fully saturated rings. The highest BCUT2D eigenvalue weighted by Gasteiger charge is 2.32. The molecule has 0 saturated carbocycles. The maximum Gasteiger partial charge on any atom is 0.416 e. The van der Waals surface area contributed by atoms with Crippen LogP contribution in [-0.2, 0) is 11.0 Å². The number of nitrogens with one attached hydrogen (secondary N) is 1. The lowest BCUT2D eigenvalue weighted by molar-refractivity contribution is -0.137. The number of benzene rings is 1. The molecular weight excluding hydrogens is 359 g/mol. The van der Waals surface area contributed by atoms with E-state index in [1.165, 1.54) is 24.5 Å². The number of likely N-dealkylation sites (tertiary alicyclic amines) is 1. The van der Waals surface area contributed by atoms with Crippen molar-refractivity contribution in [1.82, 2.24) is 15.2 Å². The third kappa shape index (κ3) is 4.64. The second-order valence-electron chi connectivity index (χ2n) is 6.33. The average Bonchev–Trinajstić information content (AvgIpc) is 3.06. The highest BCUT2D eigenvalue weighted by atomic mass is 19.4. The first kappa shape index (κ1) is 18.9. The van der Waals surface area contributed by atoms with Gasteiger partial charge in [0.05, 0.1) is 17.2 Å². The van der Waals surface area contributed by atoms with E-state index in [0.717, 1.165) is 12.1 Å². The molecule has 1 aromatic carbocycles. The van der Waals surface area contributed by atoms with Gasteiger partial charge in [0.25, 0.3) is 5.91 Å². The van der Waals surface area contributed by atoms with E-state index in [0.29, 0.717) is 30.5 Å². The lowest BCUT2D eigenvalue weighted by Gasteiger charge is -2.25. The third-order valence-electron chi connectivity index (χ3n) is 4.42. The van der Waals surface area contributed by atoms with Crippen LogP contribution in [0.5, 0.6) is 0 Å². The summed E-state index contributed by atoms with van der Waals surface area (Å²) in [5.74, 6) is -0.528. The van der Waals surface area contributed by atoms with Gasteiger partial charge < -0.3 is 10.2 Å².